The number of nitrogens with zero attached hydrogens (tertiary/aromatic N) is 2. The van der Waals surface area contributed by atoms with Gasteiger partial charge in [-0.05, 0) is 43.0 Å². The summed E-state index contributed by atoms with van der Waals surface area (Å²) in [7, 11) is -3.26. The van der Waals surface area contributed by atoms with Crippen LogP contribution in [0.15, 0.2) is 18.2 Å². The molecule has 1 amide bonds. The Kier molecular flexibility index (Phi) is 3.86. The van der Waals surface area contributed by atoms with Crippen molar-refractivity contribution in [2.45, 2.75) is 25.3 Å². The minimum Gasteiger partial charge on any atom is -0.337 e. The molecule has 1 aromatic rings. The van der Waals surface area contributed by atoms with E-state index >= 15 is 0 Å². The first kappa shape index (κ1) is 15.3. The Labute approximate surface area is 130 Å². The summed E-state index contributed by atoms with van der Waals surface area (Å²) in [6.07, 6.45) is 3.73. The van der Waals surface area contributed by atoms with Crippen molar-refractivity contribution >= 4 is 21.6 Å². The lowest BCUT2D eigenvalue weighted by molar-refractivity contribution is 0.0708. The Bertz CT molecular complexity index is 702. The van der Waals surface area contributed by atoms with Crippen molar-refractivity contribution in [3.63, 3.8) is 0 Å². The van der Waals surface area contributed by atoms with Gasteiger partial charge in [-0.25, -0.2) is 8.42 Å². The maximum atomic E-state index is 12.6. The Morgan fingerprint density at radius 2 is 2.09 bits per heavy atom. The standard InChI is InChI=1S/C15H21N3O3S/c1-22(20,21)18-8-6-11-9-12(4-5-14(11)18)15(19)17-7-2-3-13(16)10-17/h4-5,9,13H,2-3,6-8,10,16H2,1H3. The van der Waals surface area contributed by atoms with Gasteiger partial charge in [-0.2, -0.15) is 0 Å². The average Bonchev–Trinajstić information content (AvgIpc) is 2.89. The van der Waals surface area contributed by atoms with Crippen LogP contribution in [0, 0.1) is 0 Å². The molecule has 3 rings (SSSR count). The van der Waals surface area contributed by atoms with E-state index in [-0.39, 0.29) is 11.9 Å². The Hall–Kier alpha value is -1.60. The Balaban J connectivity index is 1.84. The van der Waals surface area contributed by atoms with Gasteiger partial charge in [0.25, 0.3) is 5.91 Å². The predicted molar refractivity (Wildman–Crippen MR) is 85.4 cm³/mol. The molecule has 1 fully saturated rings. The van der Waals surface area contributed by atoms with E-state index in [1.807, 2.05) is 6.07 Å². The van der Waals surface area contributed by atoms with E-state index in [4.69, 9.17) is 5.73 Å². The molecule has 0 aliphatic carbocycles. The second kappa shape index (κ2) is 5.55. The van der Waals surface area contributed by atoms with Gasteiger partial charge in [0, 0.05) is 31.2 Å². The zero-order chi connectivity index (χ0) is 15.9. The molecule has 2 aliphatic rings. The van der Waals surface area contributed by atoms with Gasteiger partial charge in [-0.3, -0.25) is 9.10 Å². The summed E-state index contributed by atoms with van der Waals surface area (Å²) >= 11 is 0. The maximum absolute atomic E-state index is 12.6. The fraction of sp³-hybridized carbons (Fsp3) is 0.533. The first-order chi connectivity index (χ1) is 10.4. The highest BCUT2D eigenvalue weighted by molar-refractivity contribution is 7.92. The minimum absolute atomic E-state index is 0.0178. The molecule has 120 valence electrons. The summed E-state index contributed by atoms with van der Waals surface area (Å²) in [5, 5.41) is 0. The molecule has 2 N–H and O–H groups in total. The molecule has 2 aliphatic heterocycles. The molecule has 1 unspecified atom stereocenters. The molecule has 0 spiro atoms. The van der Waals surface area contributed by atoms with Gasteiger partial charge in [0.2, 0.25) is 10.0 Å². The van der Waals surface area contributed by atoms with Crippen LogP contribution < -0.4 is 10.0 Å². The van der Waals surface area contributed by atoms with Crippen LogP contribution in [-0.4, -0.2) is 51.2 Å². The highest BCUT2D eigenvalue weighted by atomic mass is 32.2. The second-order valence-electron chi connectivity index (χ2n) is 6.08. The van der Waals surface area contributed by atoms with Gasteiger partial charge in [0.1, 0.15) is 0 Å². The lowest BCUT2D eigenvalue weighted by atomic mass is 10.0. The van der Waals surface area contributed by atoms with Gasteiger partial charge in [0.05, 0.1) is 11.9 Å². The topological polar surface area (TPSA) is 83.7 Å². The van der Waals surface area contributed by atoms with E-state index in [9.17, 15) is 13.2 Å². The van der Waals surface area contributed by atoms with E-state index in [1.54, 1.807) is 17.0 Å². The van der Waals surface area contributed by atoms with Crippen molar-refractivity contribution in [2.75, 3.05) is 30.2 Å². The molecule has 1 aromatic carbocycles. The fourth-order valence-electron chi connectivity index (χ4n) is 3.23. The van der Waals surface area contributed by atoms with Crippen molar-refractivity contribution < 1.29 is 13.2 Å². The number of hydrogen-bond acceptors (Lipinski definition) is 4. The third-order valence-electron chi connectivity index (χ3n) is 4.32. The SMILES string of the molecule is CS(=O)(=O)N1CCc2cc(C(=O)N3CCCC(N)C3)ccc21. The van der Waals surface area contributed by atoms with Crippen LogP contribution in [0.4, 0.5) is 5.69 Å². The summed E-state index contributed by atoms with van der Waals surface area (Å²) in [5.41, 5.74) is 8.15. The molecule has 7 heteroatoms. The van der Waals surface area contributed by atoms with Gasteiger partial charge >= 0.3 is 0 Å². The molecule has 0 radical (unpaired) electrons. The number of nitrogens with two attached hydrogens (primary N) is 1. The largest absolute Gasteiger partial charge is 0.337 e. The van der Waals surface area contributed by atoms with Crippen LogP contribution in [0.2, 0.25) is 0 Å². The zero-order valence-corrected chi connectivity index (χ0v) is 13.5. The lowest BCUT2D eigenvalue weighted by Crippen LogP contribution is -2.45. The van der Waals surface area contributed by atoms with Gasteiger partial charge in [-0.1, -0.05) is 0 Å². The Morgan fingerprint density at radius 1 is 1.32 bits per heavy atom. The number of benzene rings is 1. The molecule has 2 heterocycles. The van der Waals surface area contributed by atoms with Gasteiger partial charge in [-0.15, -0.1) is 0 Å². The first-order valence-corrected chi connectivity index (χ1v) is 9.36. The number of carbonyl (C=O) groups is 1. The summed E-state index contributed by atoms with van der Waals surface area (Å²) in [5.74, 6) is -0.0178. The van der Waals surface area contributed by atoms with E-state index in [1.165, 1.54) is 10.6 Å². The third kappa shape index (κ3) is 2.83. The van der Waals surface area contributed by atoms with Crippen LogP contribution in [-0.2, 0) is 16.4 Å². The molecule has 6 nitrogen and oxygen atoms in total. The van der Waals surface area contributed by atoms with E-state index in [0.717, 1.165) is 24.9 Å². The lowest BCUT2D eigenvalue weighted by Gasteiger charge is -2.31. The number of amides is 1. The summed E-state index contributed by atoms with van der Waals surface area (Å²) < 4.78 is 24.9. The number of anilines is 1. The Morgan fingerprint density at radius 3 is 2.77 bits per heavy atom. The molecule has 1 atom stereocenters. The molecular formula is C15H21N3O3S. The van der Waals surface area contributed by atoms with Crippen LogP contribution >= 0.6 is 0 Å². The average molecular weight is 323 g/mol. The molecule has 0 aromatic heterocycles. The number of carbonyl (C=O) groups excluding carboxylic acids is 1. The minimum atomic E-state index is -3.26. The third-order valence-corrected chi connectivity index (χ3v) is 5.50. The number of fused-ring (bicyclic) bond motifs is 1. The van der Waals surface area contributed by atoms with Gasteiger partial charge < -0.3 is 10.6 Å². The first-order valence-electron chi connectivity index (χ1n) is 7.52. The fourth-order valence-corrected chi connectivity index (χ4v) is 4.18. The summed E-state index contributed by atoms with van der Waals surface area (Å²) in [6.45, 7) is 1.77. The molecule has 0 bridgehead atoms. The van der Waals surface area contributed by atoms with Crippen molar-refractivity contribution in [3.8, 4) is 0 Å². The number of hydrogen-bond donors (Lipinski definition) is 1. The van der Waals surface area contributed by atoms with E-state index < -0.39 is 10.0 Å². The normalized spacial score (nSPS) is 21.8. The molecule has 0 saturated carbocycles. The highest BCUT2D eigenvalue weighted by Crippen LogP contribution is 2.31. The predicted octanol–water partition coefficient (Wildman–Crippen LogP) is 0.572. The summed E-state index contributed by atoms with van der Waals surface area (Å²) in [6, 6.07) is 5.32. The maximum Gasteiger partial charge on any atom is 0.253 e. The molecule has 22 heavy (non-hydrogen) atoms. The number of likely N-dealkylation sites (tertiary alicyclic amines) is 1. The molecule has 1 saturated heterocycles. The van der Waals surface area contributed by atoms with Crippen LogP contribution in [0.5, 0.6) is 0 Å². The zero-order valence-electron chi connectivity index (χ0n) is 12.7. The van der Waals surface area contributed by atoms with Crippen molar-refractivity contribution in [2.24, 2.45) is 5.73 Å². The van der Waals surface area contributed by atoms with Crippen LogP contribution in [0.1, 0.15) is 28.8 Å². The van der Waals surface area contributed by atoms with Crippen molar-refractivity contribution in [1.82, 2.24) is 4.90 Å². The number of rotatable bonds is 2. The van der Waals surface area contributed by atoms with Crippen LogP contribution in [0.25, 0.3) is 0 Å². The summed E-state index contributed by atoms with van der Waals surface area (Å²) in [4.78, 5) is 14.4. The highest BCUT2D eigenvalue weighted by Gasteiger charge is 2.28. The van der Waals surface area contributed by atoms with Crippen molar-refractivity contribution in [1.29, 1.82) is 0 Å². The molecular weight excluding hydrogens is 302 g/mol. The smallest absolute Gasteiger partial charge is 0.253 e. The van der Waals surface area contributed by atoms with Crippen LogP contribution in [0.3, 0.4) is 0 Å². The number of piperidine rings is 1. The van der Waals surface area contributed by atoms with E-state index in [2.05, 4.69) is 0 Å². The van der Waals surface area contributed by atoms with Gasteiger partial charge in [0.15, 0.2) is 0 Å². The quantitative estimate of drug-likeness (QED) is 0.862. The van der Waals surface area contributed by atoms with E-state index in [0.29, 0.717) is 30.8 Å². The van der Waals surface area contributed by atoms with Crippen molar-refractivity contribution in [3.05, 3.63) is 29.3 Å². The second-order valence-corrected chi connectivity index (χ2v) is 7.99. The number of sulfonamides is 1. The monoisotopic (exact) mass is 323 g/mol.